The van der Waals surface area contributed by atoms with Crippen LogP contribution in [0.5, 0.6) is 0 Å². The van der Waals surface area contributed by atoms with Gasteiger partial charge in [-0.1, -0.05) is 47.5 Å². The van der Waals surface area contributed by atoms with Crippen LogP contribution in [-0.2, 0) is 19.6 Å². The first-order valence-corrected chi connectivity index (χ1v) is 14.4. The molecule has 204 valence electrons. The number of hydrogen-bond donors (Lipinski definition) is 1. The van der Waals surface area contributed by atoms with Crippen LogP contribution in [0.15, 0.2) is 64.7 Å². The molecule has 2 aliphatic heterocycles. The lowest BCUT2D eigenvalue weighted by molar-refractivity contribution is -0.139. The van der Waals surface area contributed by atoms with E-state index >= 15 is 0 Å². The van der Waals surface area contributed by atoms with Gasteiger partial charge >= 0.3 is 12.0 Å². The SMILES string of the molecule is CCOC(=O)C1=C(CN2CCN(S(=O)(=O)c3ccccc3)C(C)C2)N(C)C(=O)NC1c1ccc(Cl)c(Cl)c1. The minimum atomic E-state index is -3.65. The van der Waals surface area contributed by atoms with Gasteiger partial charge in [0.1, 0.15) is 0 Å². The first kappa shape index (κ1) is 28.4. The van der Waals surface area contributed by atoms with Gasteiger partial charge in [-0.2, -0.15) is 4.31 Å². The smallest absolute Gasteiger partial charge is 0.338 e. The molecule has 2 aromatic rings. The number of likely N-dealkylation sites (N-methyl/N-ethyl adjacent to an activating group) is 1. The molecule has 1 N–H and O–H groups in total. The topological polar surface area (TPSA) is 99.3 Å². The van der Waals surface area contributed by atoms with Crippen molar-refractivity contribution in [2.45, 2.75) is 30.8 Å². The van der Waals surface area contributed by atoms with Crippen molar-refractivity contribution >= 4 is 45.2 Å². The Morgan fingerprint density at radius 1 is 1.11 bits per heavy atom. The monoisotopic (exact) mass is 580 g/mol. The average Bonchev–Trinajstić information content (AvgIpc) is 2.88. The Kier molecular flexibility index (Phi) is 8.68. The number of piperazine rings is 1. The lowest BCUT2D eigenvalue weighted by atomic mass is 9.94. The molecule has 2 amide bonds. The average molecular weight is 582 g/mol. The molecule has 0 saturated carbocycles. The molecule has 2 unspecified atom stereocenters. The number of esters is 1. The van der Waals surface area contributed by atoms with Crippen molar-refractivity contribution in [2.75, 3.05) is 39.8 Å². The molecule has 0 bridgehead atoms. The quantitative estimate of drug-likeness (QED) is 0.498. The molecule has 4 rings (SSSR count). The van der Waals surface area contributed by atoms with E-state index < -0.39 is 22.0 Å². The lowest BCUT2D eigenvalue weighted by Gasteiger charge is -2.41. The molecule has 0 aromatic heterocycles. The fourth-order valence-electron chi connectivity index (χ4n) is 4.80. The van der Waals surface area contributed by atoms with Crippen molar-refractivity contribution in [3.05, 3.63) is 75.4 Å². The molecule has 2 aliphatic rings. The van der Waals surface area contributed by atoms with E-state index in [2.05, 4.69) is 5.32 Å². The molecule has 2 atom stereocenters. The number of nitrogens with one attached hydrogen (secondary N) is 1. The summed E-state index contributed by atoms with van der Waals surface area (Å²) in [5.74, 6) is -0.552. The van der Waals surface area contributed by atoms with Crippen molar-refractivity contribution < 1.29 is 22.7 Å². The van der Waals surface area contributed by atoms with Gasteiger partial charge in [0.05, 0.1) is 33.2 Å². The van der Waals surface area contributed by atoms with Crippen molar-refractivity contribution in [1.82, 2.24) is 19.4 Å². The highest BCUT2D eigenvalue weighted by Crippen LogP contribution is 2.34. The second-order valence-electron chi connectivity index (χ2n) is 9.21. The molecule has 38 heavy (non-hydrogen) atoms. The van der Waals surface area contributed by atoms with E-state index in [1.165, 1.54) is 9.21 Å². The van der Waals surface area contributed by atoms with E-state index in [0.717, 1.165) is 0 Å². The predicted octanol–water partition coefficient (Wildman–Crippen LogP) is 3.90. The summed E-state index contributed by atoms with van der Waals surface area (Å²) in [5.41, 5.74) is 1.36. The molecule has 0 aliphatic carbocycles. The van der Waals surface area contributed by atoms with Gasteiger partial charge < -0.3 is 10.1 Å². The standard InChI is InChI=1S/C26H30Cl2N4O5S/c1-4-37-25(33)23-22(30(3)26(34)29-24(23)18-10-11-20(27)21(28)14-18)16-31-12-13-32(17(2)15-31)38(35,36)19-8-6-5-7-9-19/h5-11,14,17,24H,4,12-13,15-16H2,1-3H3,(H,29,34). The number of hydrogen-bond acceptors (Lipinski definition) is 6. The molecule has 1 fully saturated rings. The highest BCUT2D eigenvalue weighted by molar-refractivity contribution is 7.89. The molecule has 0 spiro atoms. The number of ether oxygens (including phenoxy) is 1. The summed E-state index contributed by atoms with van der Waals surface area (Å²) in [7, 11) is -2.06. The van der Waals surface area contributed by atoms with Crippen LogP contribution < -0.4 is 5.32 Å². The zero-order chi connectivity index (χ0) is 27.6. The normalized spacial score (nSPS) is 21.4. The maximum Gasteiger partial charge on any atom is 0.338 e. The first-order valence-electron chi connectivity index (χ1n) is 12.2. The third-order valence-electron chi connectivity index (χ3n) is 6.72. The van der Waals surface area contributed by atoms with Crippen molar-refractivity contribution in [3.63, 3.8) is 0 Å². The largest absolute Gasteiger partial charge is 0.463 e. The number of urea groups is 1. The molecule has 2 aromatic carbocycles. The van der Waals surface area contributed by atoms with Gasteiger partial charge in [-0.15, -0.1) is 0 Å². The van der Waals surface area contributed by atoms with Gasteiger partial charge in [-0.05, 0) is 43.7 Å². The number of sulfonamides is 1. The Morgan fingerprint density at radius 3 is 2.45 bits per heavy atom. The Balaban J connectivity index is 1.64. The Labute approximate surface area is 233 Å². The van der Waals surface area contributed by atoms with E-state index in [4.69, 9.17) is 27.9 Å². The molecule has 0 radical (unpaired) electrons. The number of carbonyl (C=O) groups is 2. The summed E-state index contributed by atoms with van der Waals surface area (Å²) in [4.78, 5) is 29.9. The maximum absolute atomic E-state index is 13.2. The molecular formula is C26H30Cl2N4O5S. The van der Waals surface area contributed by atoms with Crippen molar-refractivity contribution in [1.29, 1.82) is 0 Å². The van der Waals surface area contributed by atoms with Crippen LogP contribution in [0.4, 0.5) is 4.79 Å². The minimum Gasteiger partial charge on any atom is -0.463 e. The third kappa shape index (κ3) is 5.69. The third-order valence-corrected chi connectivity index (χ3v) is 9.49. The van der Waals surface area contributed by atoms with Gasteiger partial charge in [-0.3, -0.25) is 9.80 Å². The molecule has 9 nitrogen and oxygen atoms in total. The summed E-state index contributed by atoms with van der Waals surface area (Å²) in [5, 5.41) is 3.51. The number of benzene rings is 2. The van der Waals surface area contributed by atoms with Crippen molar-refractivity contribution in [3.8, 4) is 0 Å². The Morgan fingerprint density at radius 2 is 1.82 bits per heavy atom. The van der Waals surface area contributed by atoms with Crippen LogP contribution >= 0.6 is 23.2 Å². The summed E-state index contributed by atoms with van der Waals surface area (Å²) >= 11 is 12.3. The van der Waals surface area contributed by atoms with Crippen LogP contribution in [-0.4, -0.2) is 80.4 Å². The van der Waals surface area contributed by atoms with E-state index in [1.54, 1.807) is 62.5 Å². The minimum absolute atomic E-state index is 0.161. The fraction of sp³-hybridized carbons (Fsp3) is 0.385. The Bertz CT molecular complexity index is 1350. The van der Waals surface area contributed by atoms with Gasteiger partial charge in [-0.25, -0.2) is 18.0 Å². The van der Waals surface area contributed by atoms with Crippen LogP contribution in [0.1, 0.15) is 25.5 Å². The van der Waals surface area contributed by atoms with Crippen LogP contribution in [0.3, 0.4) is 0 Å². The van der Waals surface area contributed by atoms with Crippen LogP contribution in [0.2, 0.25) is 10.0 Å². The zero-order valence-electron chi connectivity index (χ0n) is 21.4. The number of nitrogens with zero attached hydrogens (tertiary/aromatic N) is 3. The number of halogens is 2. The summed E-state index contributed by atoms with van der Waals surface area (Å²) in [6, 6.07) is 11.8. The highest BCUT2D eigenvalue weighted by Gasteiger charge is 2.39. The van der Waals surface area contributed by atoms with E-state index in [-0.39, 0.29) is 36.7 Å². The van der Waals surface area contributed by atoms with Gasteiger partial charge in [0, 0.05) is 45.0 Å². The van der Waals surface area contributed by atoms with Gasteiger partial charge in [0.2, 0.25) is 10.0 Å². The van der Waals surface area contributed by atoms with E-state index in [9.17, 15) is 18.0 Å². The summed E-state index contributed by atoms with van der Waals surface area (Å²) in [6.45, 7) is 5.08. The number of carbonyl (C=O) groups excluding carboxylic acids is 2. The second-order valence-corrected chi connectivity index (χ2v) is 11.9. The van der Waals surface area contributed by atoms with Gasteiger partial charge in [0.15, 0.2) is 0 Å². The predicted molar refractivity (Wildman–Crippen MR) is 145 cm³/mol. The summed E-state index contributed by atoms with van der Waals surface area (Å²) < 4.78 is 33.3. The number of amides is 2. The Hall–Kier alpha value is -2.63. The molecule has 12 heteroatoms. The van der Waals surface area contributed by atoms with E-state index in [0.29, 0.717) is 40.0 Å². The van der Waals surface area contributed by atoms with E-state index in [1.807, 2.05) is 11.8 Å². The fourth-order valence-corrected chi connectivity index (χ4v) is 6.74. The molecule has 2 heterocycles. The van der Waals surface area contributed by atoms with Crippen LogP contribution in [0, 0.1) is 0 Å². The highest BCUT2D eigenvalue weighted by atomic mass is 35.5. The number of rotatable bonds is 7. The van der Waals surface area contributed by atoms with Crippen molar-refractivity contribution in [2.24, 2.45) is 0 Å². The molecular weight excluding hydrogens is 551 g/mol. The second kappa shape index (κ2) is 11.6. The summed E-state index contributed by atoms with van der Waals surface area (Å²) in [6.07, 6.45) is 0. The lowest BCUT2D eigenvalue weighted by Crippen LogP contribution is -2.56. The van der Waals surface area contributed by atoms with Crippen LogP contribution in [0.25, 0.3) is 0 Å². The zero-order valence-corrected chi connectivity index (χ0v) is 23.7. The van der Waals surface area contributed by atoms with Gasteiger partial charge in [0.25, 0.3) is 0 Å². The maximum atomic E-state index is 13.2. The molecule has 1 saturated heterocycles. The first-order chi connectivity index (χ1) is 18.0.